The fourth-order valence-electron chi connectivity index (χ4n) is 1.55. The highest BCUT2D eigenvalue weighted by molar-refractivity contribution is 7.07. The molecule has 0 aliphatic rings. The summed E-state index contributed by atoms with van der Waals surface area (Å²) in [5.41, 5.74) is 0.780. The van der Waals surface area contributed by atoms with Crippen LogP contribution < -0.4 is 10.2 Å². The van der Waals surface area contributed by atoms with Gasteiger partial charge >= 0.3 is 4.87 Å². The number of hydrogen-bond acceptors (Lipinski definition) is 3. The molecule has 0 atom stereocenters. The minimum atomic E-state index is -0.188. The molecule has 17 heavy (non-hydrogen) atoms. The molecule has 1 rings (SSSR count). The predicted octanol–water partition coefficient (Wildman–Crippen LogP) is 1.91. The third-order valence-corrected chi connectivity index (χ3v) is 3.16. The number of thiazole rings is 1. The van der Waals surface area contributed by atoms with E-state index in [-0.39, 0.29) is 16.3 Å². The van der Waals surface area contributed by atoms with Gasteiger partial charge in [-0.3, -0.25) is 9.59 Å². The minimum absolute atomic E-state index is 0.0402. The fourth-order valence-corrected chi connectivity index (χ4v) is 2.31. The lowest BCUT2D eigenvalue weighted by molar-refractivity contribution is -0.122. The second-order valence-corrected chi connectivity index (χ2v) is 6.02. The SMILES string of the molecule is Cc1csc(=O)n1CCCC(=O)NC(C)(C)C. The molecule has 5 heteroatoms. The summed E-state index contributed by atoms with van der Waals surface area (Å²) in [5, 5.41) is 4.75. The molecule has 0 bridgehead atoms. The first-order valence-corrected chi connectivity index (χ1v) is 6.63. The van der Waals surface area contributed by atoms with Crippen molar-refractivity contribution >= 4 is 17.2 Å². The van der Waals surface area contributed by atoms with Crippen molar-refractivity contribution in [2.75, 3.05) is 0 Å². The lowest BCUT2D eigenvalue weighted by Gasteiger charge is -2.20. The molecule has 0 unspecified atom stereocenters. The highest BCUT2D eigenvalue weighted by Gasteiger charge is 2.13. The molecule has 0 fully saturated rings. The molecule has 1 N–H and O–H groups in total. The standard InChI is InChI=1S/C12H20N2O2S/c1-9-8-17-11(16)14(9)7-5-6-10(15)13-12(2,3)4/h8H,5-7H2,1-4H3,(H,13,15). The van der Waals surface area contributed by atoms with E-state index in [4.69, 9.17) is 0 Å². The molecule has 4 nitrogen and oxygen atoms in total. The topological polar surface area (TPSA) is 51.1 Å². The van der Waals surface area contributed by atoms with Gasteiger partial charge in [0.25, 0.3) is 0 Å². The first-order chi connectivity index (χ1) is 7.79. The maximum atomic E-state index is 11.6. The van der Waals surface area contributed by atoms with Gasteiger partial charge in [0.05, 0.1) is 0 Å². The zero-order chi connectivity index (χ0) is 13.1. The van der Waals surface area contributed by atoms with Crippen LogP contribution in [-0.4, -0.2) is 16.0 Å². The Kier molecular flexibility index (Phi) is 4.51. The lowest BCUT2D eigenvalue weighted by atomic mass is 10.1. The van der Waals surface area contributed by atoms with Crippen molar-refractivity contribution in [3.8, 4) is 0 Å². The average molecular weight is 256 g/mol. The molecule has 0 saturated carbocycles. The Morgan fingerprint density at radius 2 is 2.12 bits per heavy atom. The molecule has 0 aliphatic heterocycles. The van der Waals surface area contributed by atoms with Crippen LogP contribution in [0.4, 0.5) is 0 Å². The summed E-state index contributed by atoms with van der Waals surface area (Å²) in [5.74, 6) is 0.0402. The molecule has 0 aliphatic carbocycles. The van der Waals surface area contributed by atoms with Crippen molar-refractivity contribution in [2.45, 2.75) is 52.6 Å². The van der Waals surface area contributed by atoms with Crippen molar-refractivity contribution in [3.63, 3.8) is 0 Å². The third-order valence-electron chi connectivity index (χ3n) is 2.28. The molecule has 96 valence electrons. The Labute approximate surface area is 106 Å². The summed E-state index contributed by atoms with van der Waals surface area (Å²) in [6.45, 7) is 8.40. The van der Waals surface area contributed by atoms with Crippen molar-refractivity contribution in [1.82, 2.24) is 9.88 Å². The van der Waals surface area contributed by atoms with Crippen LogP contribution >= 0.6 is 11.3 Å². The van der Waals surface area contributed by atoms with Crippen LogP contribution in [0.5, 0.6) is 0 Å². The second-order valence-electron chi connectivity index (χ2n) is 5.20. The molecule has 0 saturated heterocycles. The van der Waals surface area contributed by atoms with Crippen LogP contribution in [-0.2, 0) is 11.3 Å². The summed E-state index contributed by atoms with van der Waals surface area (Å²) >= 11 is 1.21. The Balaban J connectivity index is 2.39. The molecule has 0 spiro atoms. The van der Waals surface area contributed by atoms with Gasteiger partial charge in [0, 0.05) is 29.6 Å². The highest BCUT2D eigenvalue weighted by atomic mass is 32.1. The van der Waals surface area contributed by atoms with Crippen LogP contribution in [0.15, 0.2) is 10.2 Å². The molecular weight excluding hydrogens is 236 g/mol. The number of rotatable bonds is 4. The Hall–Kier alpha value is -1.10. The number of nitrogens with one attached hydrogen (secondary N) is 1. The van der Waals surface area contributed by atoms with Gasteiger partial charge in [0.1, 0.15) is 0 Å². The van der Waals surface area contributed by atoms with E-state index in [1.165, 1.54) is 11.3 Å². The fraction of sp³-hybridized carbons (Fsp3) is 0.667. The van der Waals surface area contributed by atoms with Crippen LogP contribution in [0.1, 0.15) is 39.3 Å². The van der Waals surface area contributed by atoms with Gasteiger partial charge in [-0.1, -0.05) is 11.3 Å². The Morgan fingerprint density at radius 1 is 1.47 bits per heavy atom. The number of hydrogen-bond donors (Lipinski definition) is 1. The zero-order valence-electron chi connectivity index (χ0n) is 10.9. The van der Waals surface area contributed by atoms with Crippen molar-refractivity contribution in [2.24, 2.45) is 0 Å². The van der Waals surface area contributed by atoms with Gasteiger partial charge in [0.2, 0.25) is 5.91 Å². The number of amides is 1. The number of carbonyl (C=O) groups is 1. The maximum absolute atomic E-state index is 11.6. The number of aromatic nitrogens is 1. The van der Waals surface area contributed by atoms with Crippen LogP contribution in [0.25, 0.3) is 0 Å². The van der Waals surface area contributed by atoms with E-state index < -0.39 is 0 Å². The summed E-state index contributed by atoms with van der Waals surface area (Å²) in [6, 6.07) is 0. The van der Waals surface area contributed by atoms with E-state index >= 15 is 0 Å². The van der Waals surface area contributed by atoms with Crippen LogP contribution in [0, 0.1) is 6.92 Å². The smallest absolute Gasteiger partial charge is 0.307 e. The lowest BCUT2D eigenvalue weighted by Crippen LogP contribution is -2.40. The first kappa shape index (κ1) is 14.0. The van der Waals surface area contributed by atoms with Gasteiger partial charge < -0.3 is 9.88 Å². The largest absolute Gasteiger partial charge is 0.352 e. The van der Waals surface area contributed by atoms with E-state index in [1.807, 2.05) is 33.1 Å². The Bertz CT molecular complexity index is 440. The molecule has 0 radical (unpaired) electrons. The quantitative estimate of drug-likeness (QED) is 0.894. The van der Waals surface area contributed by atoms with Gasteiger partial charge in [-0.15, -0.1) is 0 Å². The van der Waals surface area contributed by atoms with E-state index in [2.05, 4.69) is 5.32 Å². The van der Waals surface area contributed by atoms with Gasteiger partial charge in [-0.05, 0) is 34.1 Å². The normalized spacial score (nSPS) is 11.5. The number of aryl methyl sites for hydroxylation is 1. The van der Waals surface area contributed by atoms with Crippen molar-refractivity contribution in [3.05, 3.63) is 20.7 Å². The van der Waals surface area contributed by atoms with E-state index in [1.54, 1.807) is 4.57 Å². The predicted molar refractivity (Wildman–Crippen MR) is 70.4 cm³/mol. The van der Waals surface area contributed by atoms with Crippen molar-refractivity contribution < 1.29 is 4.79 Å². The molecule has 1 heterocycles. The zero-order valence-corrected chi connectivity index (χ0v) is 11.7. The van der Waals surface area contributed by atoms with Gasteiger partial charge in [0.15, 0.2) is 0 Å². The van der Waals surface area contributed by atoms with Gasteiger partial charge in [-0.25, -0.2) is 0 Å². The summed E-state index contributed by atoms with van der Waals surface area (Å²) in [7, 11) is 0. The van der Waals surface area contributed by atoms with Crippen LogP contribution in [0.3, 0.4) is 0 Å². The molecular formula is C12H20N2O2S. The maximum Gasteiger partial charge on any atom is 0.307 e. The first-order valence-electron chi connectivity index (χ1n) is 5.75. The summed E-state index contributed by atoms with van der Waals surface area (Å²) < 4.78 is 1.72. The molecule has 0 aromatic carbocycles. The van der Waals surface area contributed by atoms with Crippen LogP contribution in [0.2, 0.25) is 0 Å². The third kappa shape index (κ3) is 4.73. The van der Waals surface area contributed by atoms with E-state index in [0.29, 0.717) is 19.4 Å². The van der Waals surface area contributed by atoms with E-state index in [0.717, 1.165) is 5.69 Å². The number of carbonyl (C=O) groups excluding carboxylic acids is 1. The monoisotopic (exact) mass is 256 g/mol. The van der Waals surface area contributed by atoms with E-state index in [9.17, 15) is 9.59 Å². The average Bonchev–Trinajstić information content (AvgIpc) is 2.46. The number of nitrogens with zero attached hydrogens (tertiary/aromatic N) is 1. The molecule has 1 aromatic heterocycles. The highest BCUT2D eigenvalue weighted by Crippen LogP contribution is 2.04. The second kappa shape index (κ2) is 5.49. The van der Waals surface area contributed by atoms with Crippen molar-refractivity contribution in [1.29, 1.82) is 0 Å². The summed E-state index contributed by atoms with van der Waals surface area (Å²) in [6.07, 6.45) is 1.15. The Morgan fingerprint density at radius 3 is 2.59 bits per heavy atom. The van der Waals surface area contributed by atoms with Gasteiger partial charge in [-0.2, -0.15) is 0 Å². The summed E-state index contributed by atoms with van der Waals surface area (Å²) in [4.78, 5) is 23.0. The minimum Gasteiger partial charge on any atom is -0.352 e. The molecule has 1 amide bonds. The molecule has 1 aromatic rings.